The highest BCUT2D eigenvalue weighted by molar-refractivity contribution is 5.58. The molecule has 1 N–H and O–H groups in total. The molecule has 0 unspecified atom stereocenters. The predicted molar refractivity (Wildman–Crippen MR) is 120 cm³/mol. The van der Waals surface area contributed by atoms with Crippen LogP contribution in [0, 0.1) is 0 Å². The minimum atomic E-state index is 0.568. The lowest BCUT2D eigenvalue weighted by atomic mass is 10.00. The van der Waals surface area contributed by atoms with Gasteiger partial charge in [0.15, 0.2) is 11.4 Å². The third-order valence-corrected chi connectivity index (χ3v) is 5.63. The van der Waals surface area contributed by atoms with Crippen molar-refractivity contribution in [1.29, 1.82) is 0 Å². The molecule has 0 amide bonds. The predicted octanol–water partition coefficient (Wildman–Crippen LogP) is 2.92. The fourth-order valence-corrected chi connectivity index (χ4v) is 3.98. The third kappa shape index (κ3) is 4.17. The van der Waals surface area contributed by atoms with Crippen molar-refractivity contribution in [2.24, 2.45) is 0 Å². The molecule has 0 fully saturated rings. The molecule has 0 spiro atoms. The zero-order valence-corrected chi connectivity index (χ0v) is 18.0. The summed E-state index contributed by atoms with van der Waals surface area (Å²) >= 11 is 0. The highest BCUT2D eigenvalue weighted by Crippen LogP contribution is 2.24. The van der Waals surface area contributed by atoms with Crippen molar-refractivity contribution in [3.63, 3.8) is 0 Å². The maximum absolute atomic E-state index is 5.53. The lowest BCUT2D eigenvalue weighted by Crippen LogP contribution is -2.30. The third-order valence-electron chi connectivity index (χ3n) is 5.63. The van der Waals surface area contributed by atoms with E-state index >= 15 is 0 Å². The Morgan fingerprint density at radius 3 is 2.81 bits per heavy atom. The van der Waals surface area contributed by atoms with Crippen molar-refractivity contribution >= 4 is 11.6 Å². The van der Waals surface area contributed by atoms with E-state index in [1.807, 2.05) is 18.3 Å². The quantitative estimate of drug-likeness (QED) is 0.496. The number of rotatable bonds is 7. The maximum atomic E-state index is 5.53. The molecule has 0 aliphatic carbocycles. The molecule has 1 aliphatic rings. The van der Waals surface area contributed by atoms with E-state index in [1.54, 1.807) is 10.8 Å². The van der Waals surface area contributed by atoms with Gasteiger partial charge in [-0.15, -0.1) is 5.10 Å². The molecule has 3 aromatic heterocycles. The summed E-state index contributed by atoms with van der Waals surface area (Å²) < 4.78 is 7.34. The van der Waals surface area contributed by atoms with E-state index in [1.165, 1.54) is 11.1 Å². The van der Waals surface area contributed by atoms with Crippen molar-refractivity contribution in [2.45, 2.75) is 19.5 Å². The number of anilines is 1. The Kier molecular flexibility index (Phi) is 5.40. The minimum absolute atomic E-state index is 0.568. The van der Waals surface area contributed by atoms with Crippen molar-refractivity contribution in [2.75, 3.05) is 39.0 Å². The van der Waals surface area contributed by atoms with Crippen molar-refractivity contribution in [1.82, 2.24) is 29.4 Å². The fourth-order valence-electron chi connectivity index (χ4n) is 3.98. The lowest BCUT2D eigenvalue weighted by Gasteiger charge is -2.28. The number of nitrogens with zero attached hydrogens (tertiary/aromatic N) is 6. The van der Waals surface area contributed by atoms with Crippen molar-refractivity contribution in [3.8, 4) is 11.6 Å². The normalized spacial score (nSPS) is 14.3. The zero-order chi connectivity index (χ0) is 21.2. The summed E-state index contributed by atoms with van der Waals surface area (Å²) in [5.74, 6) is 1.91. The number of aromatic nitrogens is 4. The Morgan fingerprint density at radius 2 is 2.00 bits per heavy atom. The van der Waals surface area contributed by atoms with E-state index in [2.05, 4.69) is 58.5 Å². The average Bonchev–Trinajstić information content (AvgIpc) is 3.45. The van der Waals surface area contributed by atoms with Crippen LogP contribution in [0.15, 0.2) is 53.3 Å². The first-order chi connectivity index (χ1) is 15.2. The number of furan rings is 1. The van der Waals surface area contributed by atoms with Gasteiger partial charge < -0.3 is 14.6 Å². The number of hydrogen-bond acceptors (Lipinski definition) is 7. The van der Waals surface area contributed by atoms with Crippen LogP contribution >= 0.6 is 0 Å². The summed E-state index contributed by atoms with van der Waals surface area (Å²) in [6.45, 7) is 4.40. The van der Waals surface area contributed by atoms with E-state index in [9.17, 15) is 0 Å². The fraction of sp³-hybridized carbons (Fsp3) is 0.348. The molecule has 0 bridgehead atoms. The Balaban J connectivity index is 1.45. The summed E-state index contributed by atoms with van der Waals surface area (Å²) in [7, 11) is 4.10. The van der Waals surface area contributed by atoms with E-state index in [0.717, 1.165) is 50.4 Å². The molecule has 4 heterocycles. The molecule has 0 saturated carbocycles. The molecule has 4 aromatic rings. The van der Waals surface area contributed by atoms with Crippen LogP contribution in [0.1, 0.15) is 16.7 Å². The minimum Gasteiger partial charge on any atom is -0.461 e. The highest BCUT2D eigenvalue weighted by Gasteiger charge is 2.20. The number of fused-ring (bicyclic) bond motifs is 2. The van der Waals surface area contributed by atoms with Gasteiger partial charge in [0.1, 0.15) is 0 Å². The van der Waals surface area contributed by atoms with Crippen LogP contribution in [-0.4, -0.2) is 63.1 Å². The van der Waals surface area contributed by atoms with E-state index in [-0.39, 0.29) is 0 Å². The number of nitrogens with one attached hydrogen (secondary N) is 1. The molecular formula is C23H27N7O. The van der Waals surface area contributed by atoms with Gasteiger partial charge in [0.05, 0.1) is 6.26 Å². The van der Waals surface area contributed by atoms with Gasteiger partial charge in [-0.1, -0.05) is 24.3 Å². The highest BCUT2D eigenvalue weighted by atomic mass is 16.3. The smallest absolute Gasteiger partial charge is 0.225 e. The van der Waals surface area contributed by atoms with Gasteiger partial charge in [-0.3, -0.25) is 4.90 Å². The van der Waals surface area contributed by atoms with Gasteiger partial charge >= 0.3 is 0 Å². The second-order valence-electron chi connectivity index (χ2n) is 8.21. The van der Waals surface area contributed by atoms with Crippen LogP contribution in [0.25, 0.3) is 17.2 Å². The first kappa shape index (κ1) is 19.7. The van der Waals surface area contributed by atoms with E-state index < -0.39 is 0 Å². The zero-order valence-electron chi connectivity index (χ0n) is 18.0. The first-order valence-electron chi connectivity index (χ1n) is 10.6. The van der Waals surface area contributed by atoms with Crippen molar-refractivity contribution < 1.29 is 4.42 Å². The standard InChI is InChI=1S/C23H27N7O/c1-28(2)12-10-24-23-25-14-19(16-29-11-9-17-6-3-4-7-18(17)15-29)22-26-21(27-30(22)23)20-8-5-13-31-20/h3-8,13-14H,9-12,15-16H2,1-2H3,(H,24,25). The summed E-state index contributed by atoms with van der Waals surface area (Å²) in [6.07, 6.45) is 4.63. The Bertz CT molecular complexity index is 1170. The largest absolute Gasteiger partial charge is 0.461 e. The summed E-state index contributed by atoms with van der Waals surface area (Å²) in [6, 6.07) is 12.4. The molecule has 8 heteroatoms. The lowest BCUT2D eigenvalue weighted by molar-refractivity contribution is 0.246. The Morgan fingerprint density at radius 1 is 1.13 bits per heavy atom. The van der Waals surface area contributed by atoms with E-state index in [4.69, 9.17) is 14.5 Å². The number of likely N-dealkylation sites (N-methyl/N-ethyl adjacent to an activating group) is 1. The second kappa shape index (κ2) is 8.49. The maximum Gasteiger partial charge on any atom is 0.225 e. The van der Waals surface area contributed by atoms with Crippen LogP contribution in [0.3, 0.4) is 0 Å². The molecule has 0 saturated heterocycles. The van der Waals surface area contributed by atoms with Gasteiger partial charge in [-0.2, -0.15) is 4.52 Å². The number of hydrogen-bond donors (Lipinski definition) is 1. The second-order valence-corrected chi connectivity index (χ2v) is 8.21. The summed E-state index contributed by atoms with van der Waals surface area (Å²) in [5.41, 5.74) is 4.72. The molecule has 1 aliphatic heterocycles. The van der Waals surface area contributed by atoms with Crippen LogP contribution in [0.2, 0.25) is 0 Å². The van der Waals surface area contributed by atoms with Crippen LogP contribution in [0.4, 0.5) is 5.95 Å². The summed E-state index contributed by atoms with van der Waals surface area (Å²) in [4.78, 5) is 14.1. The topological polar surface area (TPSA) is 74.7 Å². The SMILES string of the molecule is CN(C)CCNc1ncc(CN2CCc3ccccc3C2)c2nc(-c3ccco3)nn12. The molecule has 0 radical (unpaired) electrons. The van der Waals surface area contributed by atoms with Crippen LogP contribution in [-0.2, 0) is 19.5 Å². The molecule has 0 atom stereocenters. The molecule has 160 valence electrons. The first-order valence-corrected chi connectivity index (χ1v) is 10.6. The summed E-state index contributed by atoms with van der Waals surface area (Å²) in [5, 5.41) is 8.08. The molecule has 1 aromatic carbocycles. The average molecular weight is 418 g/mol. The van der Waals surface area contributed by atoms with Gasteiger partial charge in [0.2, 0.25) is 11.8 Å². The van der Waals surface area contributed by atoms with E-state index in [0.29, 0.717) is 17.5 Å². The van der Waals surface area contributed by atoms with Crippen LogP contribution < -0.4 is 5.32 Å². The molecule has 31 heavy (non-hydrogen) atoms. The monoisotopic (exact) mass is 417 g/mol. The Labute approximate surface area is 181 Å². The van der Waals surface area contributed by atoms with Gasteiger partial charge in [0.25, 0.3) is 0 Å². The van der Waals surface area contributed by atoms with Gasteiger partial charge in [-0.05, 0) is 43.8 Å². The number of benzene rings is 1. The van der Waals surface area contributed by atoms with Gasteiger partial charge in [-0.25, -0.2) is 9.97 Å². The molecule has 8 nitrogen and oxygen atoms in total. The molecule has 5 rings (SSSR count). The van der Waals surface area contributed by atoms with Crippen molar-refractivity contribution in [3.05, 3.63) is 65.5 Å². The Hall–Kier alpha value is -3.23. The molecular weight excluding hydrogens is 390 g/mol. The van der Waals surface area contributed by atoms with Gasteiger partial charge in [0, 0.05) is 44.5 Å². The van der Waals surface area contributed by atoms with Crippen LogP contribution in [0.5, 0.6) is 0 Å².